The summed E-state index contributed by atoms with van der Waals surface area (Å²) in [5.74, 6) is -1.47. The molecule has 0 bridgehead atoms. The molecule has 0 unspecified atom stereocenters. The lowest BCUT2D eigenvalue weighted by atomic mass is 10.0. The molecule has 108 valence electrons. The van der Waals surface area contributed by atoms with Crippen molar-refractivity contribution < 1.29 is 19.4 Å². The fraction of sp³-hybridized carbons (Fsp3) is 0.769. The Morgan fingerprint density at radius 2 is 1.89 bits per heavy atom. The zero-order valence-corrected chi connectivity index (χ0v) is 11.8. The average molecular weight is 270 g/mol. The molecule has 0 aromatic rings. The highest BCUT2D eigenvalue weighted by Gasteiger charge is 2.26. The maximum absolute atomic E-state index is 11.7. The number of carbonyl (C=O) groups excluding carboxylic acids is 2. The summed E-state index contributed by atoms with van der Waals surface area (Å²) in [7, 11) is 1.21. The third-order valence-electron chi connectivity index (χ3n) is 2.61. The third kappa shape index (κ3) is 6.77. The molecule has 0 aromatic carbocycles. The predicted molar refractivity (Wildman–Crippen MR) is 68.8 cm³/mol. The summed E-state index contributed by atoms with van der Waals surface area (Å²) >= 11 is 0. The van der Waals surface area contributed by atoms with Crippen molar-refractivity contribution in [1.29, 1.82) is 5.26 Å². The van der Waals surface area contributed by atoms with E-state index in [0.717, 1.165) is 0 Å². The van der Waals surface area contributed by atoms with E-state index in [-0.39, 0.29) is 12.3 Å². The first kappa shape index (κ1) is 17.4. The van der Waals surface area contributed by atoms with Gasteiger partial charge in [0.05, 0.1) is 13.2 Å². The van der Waals surface area contributed by atoms with Crippen molar-refractivity contribution >= 4 is 11.9 Å². The summed E-state index contributed by atoms with van der Waals surface area (Å²) in [4.78, 5) is 23.2. The van der Waals surface area contributed by atoms with Crippen LogP contribution in [0.4, 0.5) is 0 Å². The summed E-state index contributed by atoms with van der Waals surface area (Å²) < 4.78 is 4.57. The van der Waals surface area contributed by atoms with Crippen molar-refractivity contribution in [1.82, 2.24) is 5.32 Å². The molecule has 6 nitrogen and oxygen atoms in total. The molecular weight excluding hydrogens is 248 g/mol. The standard InChI is InChI=1S/C13H22N2O4/c1-8(2)5-11(16)12(17)15-10(13(18)19-4)6-9(3)7-14/h8-11,16H,5-6H2,1-4H3,(H,15,17)/t9-,10+,11-/m0/s1. The highest BCUT2D eigenvalue weighted by molar-refractivity contribution is 5.86. The van der Waals surface area contributed by atoms with Gasteiger partial charge in [-0.25, -0.2) is 4.79 Å². The Morgan fingerprint density at radius 1 is 1.32 bits per heavy atom. The molecule has 6 heteroatoms. The van der Waals surface area contributed by atoms with Crippen LogP contribution in [-0.2, 0) is 14.3 Å². The minimum Gasteiger partial charge on any atom is -0.467 e. The number of aliphatic hydroxyl groups excluding tert-OH is 1. The fourth-order valence-corrected chi connectivity index (χ4v) is 1.58. The summed E-state index contributed by atoms with van der Waals surface area (Å²) in [6.45, 7) is 5.41. The lowest BCUT2D eigenvalue weighted by Crippen LogP contribution is -2.46. The first-order chi connectivity index (χ1) is 8.81. The van der Waals surface area contributed by atoms with Crippen LogP contribution in [0.2, 0.25) is 0 Å². The third-order valence-corrected chi connectivity index (χ3v) is 2.61. The number of ether oxygens (including phenoxy) is 1. The van der Waals surface area contributed by atoms with Gasteiger partial charge in [0.15, 0.2) is 0 Å². The van der Waals surface area contributed by atoms with Crippen LogP contribution in [0, 0.1) is 23.2 Å². The van der Waals surface area contributed by atoms with E-state index in [2.05, 4.69) is 10.1 Å². The first-order valence-corrected chi connectivity index (χ1v) is 6.27. The van der Waals surface area contributed by atoms with E-state index in [4.69, 9.17) is 5.26 Å². The minimum atomic E-state index is -1.16. The summed E-state index contributed by atoms with van der Waals surface area (Å²) in [5.41, 5.74) is 0. The van der Waals surface area contributed by atoms with Crippen molar-refractivity contribution in [3.05, 3.63) is 0 Å². The Labute approximate surface area is 113 Å². The smallest absolute Gasteiger partial charge is 0.328 e. The van der Waals surface area contributed by atoms with Crippen LogP contribution in [-0.4, -0.2) is 36.2 Å². The fourth-order valence-electron chi connectivity index (χ4n) is 1.58. The van der Waals surface area contributed by atoms with Crippen LogP contribution < -0.4 is 5.32 Å². The number of esters is 1. The molecule has 0 fully saturated rings. The Bertz CT molecular complexity index is 349. The molecule has 0 heterocycles. The van der Waals surface area contributed by atoms with E-state index in [1.165, 1.54) is 7.11 Å². The van der Waals surface area contributed by atoms with E-state index in [1.807, 2.05) is 19.9 Å². The molecule has 3 atom stereocenters. The normalized spacial score (nSPS) is 15.2. The number of methoxy groups -OCH3 is 1. The topological polar surface area (TPSA) is 99.4 Å². The second-order valence-electron chi connectivity index (χ2n) is 5.00. The van der Waals surface area contributed by atoms with E-state index >= 15 is 0 Å². The van der Waals surface area contributed by atoms with Gasteiger partial charge in [-0.2, -0.15) is 5.26 Å². The molecular formula is C13H22N2O4. The highest BCUT2D eigenvalue weighted by atomic mass is 16.5. The molecule has 0 radical (unpaired) electrons. The number of nitrogens with one attached hydrogen (secondary N) is 1. The Hall–Kier alpha value is -1.61. The quantitative estimate of drug-likeness (QED) is 0.660. The Balaban J connectivity index is 4.60. The molecule has 19 heavy (non-hydrogen) atoms. The van der Waals surface area contributed by atoms with Gasteiger partial charge >= 0.3 is 5.97 Å². The van der Waals surface area contributed by atoms with E-state index < -0.39 is 29.9 Å². The second-order valence-corrected chi connectivity index (χ2v) is 5.00. The van der Waals surface area contributed by atoms with Gasteiger partial charge in [-0.3, -0.25) is 4.79 Å². The van der Waals surface area contributed by atoms with Gasteiger partial charge in [0.1, 0.15) is 12.1 Å². The van der Waals surface area contributed by atoms with Gasteiger partial charge in [0.2, 0.25) is 5.91 Å². The number of carbonyl (C=O) groups is 2. The predicted octanol–water partition coefficient (Wildman–Crippen LogP) is 0.601. The van der Waals surface area contributed by atoms with Crippen LogP contribution >= 0.6 is 0 Å². The van der Waals surface area contributed by atoms with Gasteiger partial charge in [-0.05, 0) is 25.7 Å². The molecule has 0 aliphatic heterocycles. The minimum absolute atomic E-state index is 0.156. The van der Waals surface area contributed by atoms with Crippen molar-refractivity contribution in [2.75, 3.05) is 7.11 Å². The van der Waals surface area contributed by atoms with Gasteiger partial charge in [-0.15, -0.1) is 0 Å². The van der Waals surface area contributed by atoms with Crippen LogP contribution in [0.3, 0.4) is 0 Å². The van der Waals surface area contributed by atoms with E-state index in [1.54, 1.807) is 6.92 Å². The van der Waals surface area contributed by atoms with Crippen molar-refractivity contribution in [3.8, 4) is 6.07 Å². The first-order valence-electron chi connectivity index (χ1n) is 6.27. The van der Waals surface area contributed by atoms with Gasteiger partial charge < -0.3 is 15.2 Å². The second kappa shape index (κ2) is 8.48. The summed E-state index contributed by atoms with van der Waals surface area (Å²) in [6, 6.07) is 1.08. The van der Waals surface area contributed by atoms with Crippen molar-refractivity contribution in [2.24, 2.45) is 11.8 Å². The number of aliphatic hydroxyl groups is 1. The average Bonchev–Trinajstić information content (AvgIpc) is 2.35. The number of nitrogens with zero attached hydrogens (tertiary/aromatic N) is 1. The highest BCUT2D eigenvalue weighted by Crippen LogP contribution is 2.09. The molecule has 0 rings (SSSR count). The molecule has 0 spiro atoms. The molecule has 0 saturated heterocycles. The van der Waals surface area contributed by atoms with Gasteiger partial charge in [-0.1, -0.05) is 13.8 Å². The van der Waals surface area contributed by atoms with Crippen LogP contribution in [0.5, 0.6) is 0 Å². The molecule has 2 N–H and O–H groups in total. The zero-order valence-electron chi connectivity index (χ0n) is 11.8. The van der Waals surface area contributed by atoms with E-state index in [9.17, 15) is 14.7 Å². The molecule has 0 aliphatic carbocycles. The largest absolute Gasteiger partial charge is 0.467 e. The number of hydrogen-bond donors (Lipinski definition) is 2. The van der Waals surface area contributed by atoms with Gasteiger partial charge in [0.25, 0.3) is 0 Å². The van der Waals surface area contributed by atoms with Crippen LogP contribution in [0.25, 0.3) is 0 Å². The maximum atomic E-state index is 11.7. The van der Waals surface area contributed by atoms with Gasteiger partial charge in [0, 0.05) is 5.92 Å². The number of hydrogen-bond acceptors (Lipinski definition) is 5. The zero-order chi connectivity index (χ0) is 15.0. The van der Waals surface area contributed by atoms with Crippen LogP contribution in [0.15, 0.2) is 0 Å². The number of amides is 1. The van der Waals surface area contributed by atoms with E-state index in [0.29, 0.717) is 6.42 Å². The van der Waals surface area contributed by atoms with Crippen molar-refractivity contribution in [3.63, 3.8) is 0 Å². The molecule has 0 aliphatic rings. The Kier molecular flexibility index (Phi) is 7.77. The SMILES string of the molecule is COC(=O)[C@@H](C[C@H](C)C#N)NC(=O)[C@@H](O)CC(C)C. The lowest BCUT2D eigenvalue weighted by Gasteiger charge is -2.20. The molecule has 0 aromatic heterocycles. The summed E-state index contributed by atoms with van der Waals surface area (Å²) in [5, 5.41) is 20.8. The molecule has 1 amide bonds. The monoisotopic (exact) mass is 270 g/mol. The number of nitriles is 1. The lowest BCUT2D eigenvalue weighted by molar-refractivity contribution is -0.146. The van der Waals surface area contributed by atoms with Crippen LogP contribution in [0.1, 0.15) is 33.6 Å². The maximum Gasteiger partial charge on any atom is 0.328 e. The summed E-state index contributed by atoms with van der Waals surface area (Å²) in [6.07, 6.45) is -0.693. The molecule has 0 saturated carbocycles. The number of rotatable bonds is 7. The Morgan fingerprint density at radius 3 is 2.32 bits per heavy atom. The van der Waals surface area contributed by atoms with Crippen molar-refractivity contribution in [2.45, 2.75) is 45.8 Å².